The van der Waals surface area contributed by atoms with Crippen LogP contribution in [-0.2, 0) is 0 Å². The molecule has 0 atom stereocenters. The Morgan fingerprint density at radius 1 is 1.39 bits per heavy atom. The molecule has 0 aliphatic carbocycles. The van der Waals surface area contributed by atoms with Crippen molar-refractivity contribution in [3.63, 3.8) is 0 Å². The summed E-state index contributed by atoms with van der Waals surface area (Å²) in [6.07, 6.45) is 3.54. The highest BCUT2D eigenvalue weighted by Gasteiger charge is 2.11. The average Bonchev–Trinajstić information content (AvgIpc) is 2.39. The second kappa shape index (κ2) is 5.73. The lowest BCUT2D eigenvalue weighted by molar-refractivity contribution is 0.0957. The summed E-state index contributed by atoms with van der Waals surface area (Å²) in [5, 5.41) is 4.53. The van der Waals surface area contributed by atoms with E-state index in [1.54, 1.807) is 11.8 Å². The first kappa shape index (κ1) is 12.7. The number of hydrogen-bond donors (Lipinski definition) is 2. The monoisotopic (exact) mass is 261 g/mol. The second-order valence-corrected chi connectivity index (χ2v) is 4.84. The van der Waals surface area contributed by atoms with E-state index in [1.807, 2.05) is 30.5 Å². The van der Waals surface area contributed by atoms with Gasteiger partial charge < -0.3 is 11.1 Å². The summed E-state index contributed by atoms with van der Waals surface area (Å²) in [4.78, 5) is 16.1. The molecular weight excluding hydrogens is 246 g/mol. The van der Waals surface area contributed by atoms with Crippen molar-refractivity contribution < 1.29 is 4.79 Å². The van der Waals surface area contributed by atoms with E-state index in [0.717, 1.165) is 16.5 Å². The molecule has 0 aliphatic heterocycles. The Morgan fingerprint density at radius 3 is 2.83 bits per heavy atom. The van der Waals surface area contributed by atoms with Gasteiger partial charge in [-0.15, -0.1) is 0 Å². The molecule has 1 aromatic heterocycles. The van der Waals surface area contributed by atoms with Gasteiger partial charge in [-0.2, -0.15) is 11.8 Å². The molecule has 5 heteroatoms. The molecule has 18 heavy (non-hydrogen) atoms. The minimum Gasteiger partial charge on any atom is -0.383 e. The number of nitrogens with one attached hydrogen (secondary N) is 1. The van der Waals surface area contributed by atoms with E-state index < -0.39 is 0 Å². The summed E-state index contributed by atoms with van der Waals surface area (Å²) in [6, 6.07) is 7.53. The van der Waals surface area contributed by atoms with Crippen LogP contribution in [0, 0.1) is 0 Å². The van der Waals surface area contributed by atoms with E-state index in [0.29, 0.717) is 17.9 Å². The number of hydrogen-bond acceptors (Lipinski definition) is 4. The number of nitrogens with two attached hydrogens (primary N) is 1. The fraction of sp³-hybridized carbons (Fsp3) is 0.231. The highest BCUT2D eigenvalue weighted by Crippen LogP contribution is 2.22. The van der Waals surface area contributed by atoms with Gasteiger partial charge >= 0.3 is 0 Å². The Morgan fingerprint density at radius 2 is 2.11 bits per heavy atom. The zero-order chi connectivity index (χ0) is 13.0. The predicted molar refractivity (Wildman–Crippen MR) is 76.9 cm³/mol. The third-order valence-electron chi connectivity index (χ3n) is 2.66. The zero-order valence-electron chi connectivity index (χ0n) is 10.1. The molecule has 2 aromatic rings. The highest BCUT2D eigenvalue weighted by atomic mass is 32.2. The minimum absolute atomic E-state index is 0.104. The molecule has 0 saturated heterocycles. The Bertz CT molecular complexity index is 571. The van der Waals surface area contributed by atoms with Gasteiger partial charge in [-0.3, -0.25) is 4.79 Å². The van der Waals surface area contributed by atoms with Crippen molar-refractivity contribution in [3.8, 4) is 0 Å². The summed E-state index contributed by atoms with van der Waals surface area (Å²) in [5.41, 5.74) is 6.37. The normalized spacial score (nSPS) is 10.5. The van der Waals surface area contributed by atoms with E-state index in [1.165, 1.54) is 6.20 Å². The number of thioether (sulfide) groups is 1. The molecule has 1 heterocycles. The van der Waals surface area contributed by atoms with Gasteiger partial charge in [0.05, 0.1) is 5.56 Å². The van der Waals surface area contributed by atoms with Crippen molar-refractivity contribution in [2.24, 2.45) is 0 Å². The van der Waals surface area contributed by atoms with Gasteiger partial charge in [-0.25, -0.2) is 4.98 Å². The quantitative estimate of drug-likeness (QED) is 0.825. The molecule has 0 fully saturated rings. The van der Waals surface area contributed by atoms with E-state index in [2.05, 4.69) is 10.3 Å². The van der Waals surface area contributed by atoms with E-state index in [4.69, 9.17) is 5.73 Å². The first-order valence-corrected chi connectivity index (χ1v) is 7.03. The van der Waals surface area contributed by atoms with Gasteiger partial charge in [0, 0.05) is 23.9 Å². The number of carbonyl (C=O) groups excluding carboxylic acids is 1. The van der Waals surface area contributed by atoms with Crippen LogP contribution in [0.3, 0.4) is 0 Å². The van der Waals surface area contributed by atoms with Crippen molar-refractivity contribution >= 4 is 34.3 Å². The van der Waals surface area contributed by atoms with Gasteiger partial charge in [0.1, 0.15) is 5.82 Å². The van der Waals surface area contributed by atoms with Gasteiger partial charge in [-0.1, -0.05) is 24.3 Å². The zero-order valence-corrected chi connectivity index (χ0v) is 11.0. The third-order valence-corrected chi connectivity index (χ3v) is 3.27. The van der Waals surface area contributed by atoms with Crippen LogP contribution < -0.4 is 11.1 Å². The number of nitrogens with zero attached hydrogens (tertiary/aromatic N) is 1. The molecule has 0 saturated carbocycles. The number of benzene rings is 1. The van der Waals surface area contributed by atoms with Crippen LogP contribution in [0.5, 0.6) is 0 Å². The van der Waals surface area contributed by atoms with Crippen molar-refractivity contribution in [1.29, 1.82) is 0 Å². The Kier molecular flexibility index (Phi) is 4.04. The maximum atomic E-state index is 12.0. The number of aromatic nitrogens is 1. The minimum atomic E-state index is -0.104. The van der Waals surface area contributed by atoms with Crippen LogP contribution in [0.2, 0.25) is 0 Å². The van der Waals surface area contributed by atoms with E-state index >= 15 is 0 Å². The average molecular weight is 261 g/mol. The van der Waals surface area contributed by atoms with Gasteiger partial charge in [0.25, 0.3) is 5.91 Å². The molecular formula is C13H15N3OS. The summed E-state index contributed by atoms with van der Waals surface area (Å²) in [5.74, 6) is 1.24. The van der Waals surface area contributed by atoms with Gasteiger partial charge in [-0.05, 0) is 11.6 Å². The number of anilines is 1. The smallest absolute Gasteiger partial charge is 0.253 e. The largest absolute Gasteiger partial charge is 0.383 e. The number of rotatable bonds is 4. The second-order valence-electron chi connectivity index (χ2n) is 3.85. The Balaban J connectivity index is 2.33. The van der Waals surface area contributed by atoms with Crippen LogP contribution in [0.25, 0.3) is 10.8 Å². The number of fused-ring (bicyclic) bond motifs is 1. The first-order chi connectivity index (χ1) is 8.74. The van der Waals surface area contributed by atoms with Crippen molar-refractivity contribution in [2.75, 3.05) is 24.3 Å². The maximum Gasteiger partial charge on any atom is 0.253 e. The Labute approximate surface area is 110 Å². The number of nitrogen functional groups attached to an aromatic ring is 1. The summed E-state index contributed by atoms with van der Waals surface area (Å²) >= 11 is 1.69. The lowest BCUT2D eigenvalue weighted by Crippen LogP contribution is -2.26. The Hall–Kier alpha value is -1.75. The molecule has 94 valence electrons. The fourth-order valence-corrected chi connectivity index (χ4v) is 2.06. The van der Waals surface area contributed by atoms with Crippen molar-refractivity contribution in [3.05, 3.63) is 36.0 Å². The molecule has 0 aliphatic rings. The first-order valence-electron chi connectivity index (χ1n) is 5.64. The van der Waals surface area contributed by atoms with E-state index in [9.17, 15) is 4.79 Å². The van der Waals surface area contributed by atoms with Crippen LogP contribution in [0.1, 0.15) is 10.4 Å². The number of amides is 1. The molecule has 4 nitrogen and oxygen atoms in total. The molecule has 1 aromatic carbocycles. The van der Waals surface area contributed by atoms with Crippen LogP contribution in [0.15, 0.2) is 30.5 Å². The number of carbonyl (C=O) groups is 1. The molecule has 3 N–H and O–H groups in total. The topological polar surface area (TPSA) is 68.0 Å². The molecule has 0 radical (unpaired) electrons. The van der Waals surface area contributed by atoms with Crippen molar-refractivity contribution in [2.45, 2.75) is 0 Å². The standard InChI is InChI=1S/C13H15N3OS/c1-18-7-6-15-13(17)11-8-16-12(14)10-5-3-2-4-9(10)11/h2-5,8H,6-7H2,1H3,(H2,14,16)(H,15,17). The third kappa shape index (κ3) is 2.56. The van der Waals surface area contributed by atoms with Crippen LogP contribution >= 0.6 is 11.8 Å². The molecule has 0 bridgehead atoms. The predicted octanol–water partition coefficient (Wildman–Crippen LogP) is 1.91. The van der Waals surface area contributed by atoms with Crippen LogP contribution in [0.4, 0.5) is 5.82 Å². The van der Waals surface area contributed by atoms with Gasteiger partial charge in [0.15, 0.2) is 0 Å². The van der Waals surface area contributed by atoms with E-state index in [-0.39, 0.29) is 5.91 Å². The SMILES string of the molecule is CSCCNC(=O)c1cnc(N)c2ccccc12. The molecule has 0 unspecified atom stereocenters. The van der Waals surface area contributed by atoms with Crippen molar-refractivity contribution in [1.82, 2.24) is 10.3 Å². The molecule has 2 rings (SSSR count). The maximum absolute atomic E-state index is 12.0. The summed E-state index contributed by atoms with van der Waals surface area (Å²) in [7, 11) is 0. The molecule has 1 amide bonds. The molecule has 0 spiro atoms. The number of pyridine rings is 1. The highest BCUT2D eigenvalue weighted by molar-refractivity contribution is 7.98. The van der Waals surface area contributed by atoms with Crippen LogP contribution in [-0.4, -0.2) is 29.4 Å². The fourth-order valence-electron chi connectivity index (χ4n) is 1.76. The van der Waals surface area contributed by atoms with Gasteiger partial charge in [0.2, 0.25) is 0 Å². The summed E-state index contributed by atoms with van der Waals surface area (Å²) < 4.78 is 0. The lowest BCUT2D eigenvalue weighted by Gasteiger charge is -2.08. The summed E-state index contributed by atoms with van der Waals surface area (Å²) in [6.45, 7) is 0.651. The lowest BCUT2D eigenvalue weighted by atomic mass is 10.1.